The van der Waals surface area contributed by atoms with Crippen molar-refractivity contribution in [3.63, 3.8) is 0 Å². The summed E-state index contributed by atoms with van der Waals surface area (Å²) in [4.78, 5) is 0. The van der Waals surface area contributed by atoms with Crippen LogP contribution < -0.4 is 5.32 Å². The van der Waals surface area contributed by atoms with Crippen molar-refractivity contribution in [1.82, 2.24) is 5.32 Å². The van der Waals surface area contributed by atoms with Crippen molar-refractivity contribution < 1.29 is 13.2 Å². The van der Waals surface area contributed by atoms with E-state index in [0.717, 1.165) is 12.8 Å². The van der Waals surface area contributed by atoms with Gasteiger partial charge in [0.25, 0.3) is 0 Å². The number of sulfone groups is 1. The van der Waals surface area contributed by atoms with Gasteiger partial charge in [0.1, 0.15) is 0 Å². The number of rotatable bonds is 7. The lowest BCUT2D eigenvalue weighted by Gasteiger charge is -2.34. The van der Waals surface area contributed by atoms with Gasteiger partial charge in [0.2, 0.25) is 0 Å². The van der Waals surface area contributed by atoms with Crippen molar-refractivity contribution in [2.45, 2.75) is 56.9 Å². The Morgan fingerprint density at radius 2 is 1.71 bits per heavy atom. The minimum atomic E-state index is -3.09. The van der Waals surface area contributed by atoms with Crippen LogP contribution in [0.15, 0.2) is 0 Å². The van der Waals surface area contributed by atoms with E-state index in [9.17, 15) is 8.42 Å². The Kier molecular flexibility index (Phi) is 5.63. The van der Waals surface area contributed by atoms with Gasteiger partial charge < -0.3 is 10.1 Å². The van der Waals surface area contributed by atoms with Crippen LogP contribution in [0.2, 0.25) is 0 Å². The third-order valence-electron chi connectivity index (χ3n) is 3.73. The lowest BCUT2D eigenvalue weighted by molar-refractivity contribution is 0.0111. The molecular formula is C12H27NO3S. The first-order chi connectivity index (χ1) is 7.48. The van der Waals surface area contributed by atoms with Crippen molar-refractivity contribution >= 4 is 9.84 Å². The molecule has 5 heteroatoms. The van der Waals surface area contributed by atoms with Gasteiger partial charge in [-0.05, 0) is 47.6 Å². The largest absolute Gasteiger partial charge is 0.379 e. The van der Waals surface area contributed by atoms with Gasteiger partial charge in [-0.1, -0.05) is 0 Å². The van der Waals surface area contributed by atoms with Gasteiger partial charge in [-0.2, -0.15) is 0 Å². The van der Waals surface area contributed by atoms with Crippen LogP contribution in [0.1, 0.15) is 40.5 Å². The average Bonchev–Trinajstić information content (AvgIpc) is 2.16. The van der Waals surface area contributed by atoms with E-state index in [-0.39, 0.29) is 11.6 Å². The van der Waals surface area contributed by atoms with Crippen LogP contribution in [0.25, 0.3) is 0 Å². The van der Waals surface area contributed by atoms with Crippen molar-refractivity contribution in [1.29, 1.82) is 0 Å². The molecule has 0 bridgehead atoms. The minimum Gasteiger partial charge on any atom is -0.379 e. The van der Waals surface area contributed by atoms with Gasteiger partial charge in [0.15, 0.2) is 9.84 Å². The summed E-state index contributed by atoms with van der Waals surface area (Å²) < 4.78 is 28.1. The molecule has 0 radical (unpaired) electrons. The molecule has 0 aromatic carbocycles. The minimum absolute atomic E-state index is 0.0769. The van der Waals surface area contributed by atoms with E-state index in [4.69, 9.17) is 4.74 Å². The van der Waals surface area contributed by atoms with Crippen LogP contribution in [0, 0.1) is 0 Å². The normalized spacial score (nSPS) is 15.9. The summed E-state index contributed by atoms with van der Waals surface area (Å²) in [5, 5.41) is 3.11. The van der Waals surface area contributed by atoms with Gasteiger partial charge >= 0.3 is 0 Å². The summed E-state index contributed by atoms with van der Waals surface area (Å²) >= 11 is 0. The smallest absolute Gasteiger partial charge is 0.154 e. The Morgan fingerprint density at radius 1 is 1.24 bits per heavy atom. The predicted octanol–water partition coefficient (Wildman–Crippen LogP) is 1.60. The number of nitrogens with one attached hydrogen (secondary N) is 1. The van der Waals surface area contributed by atoms with E-state index in [1.807, 2.05) is 13.8 Å². The van der Waals surface area contributed by atoms with Gasteiger partial charge in [0.05, 0.1) is 10.3 Å². The van der Waals surface area contributed by atoms with E-state index >= 15 is 0 Å². The zero-order valence-corrected chi connectivity index (χ0v) is 12.9. The van der Waals surface area contributed by atoms with Crippen LogP contribution in [-0.2, 0) is 14.6 Å². The highest BCUT2D eigenvalue weighted by molar-refractivity contribution is 7.92. The molecule has 4 nitrogen and oxygen atoms in total. The van der Waals surface area contributed by atoms with Crippen LogP contribution in [0.4, 0.5) is 0 Å². The summed E-state index contributed by atoms with van der Waals surface area (Å²) in [6, 6.07) is -0.0769. The SMILES string of the molecule is CNC(CCC(C)(C)OC)C(C)(C)S(C)(=O)=O. The molecule has 0 rings (SSSR count). The van der Waals surface area contributed by atoms with E-state index in [0.29, 0.717) is 0 Å². The fraction of sp³-hybridized carbons (Fsp3) is 1.00. The molecule has 0 aliphatic heterocycles. The molecule has 0 aliphatic rings. The maximum atomic E-state index is 11.8. The molecule has 0 saturated heterocycles. The number of methoxy groups -OCH3 is 1. The molecule has 0 aromatic heterocycles. The second-order valence-electron chi connectivity index (χ2n) is 5.72. The van der Waals surface area contributed by atoms with Crippen LogP contribution in [0.5, 0.6) is 0 Å². The standard InChI is InChI=1S/C12H27NO3S/c1-11(2,16-6)9-8-10(13-5)12(3,4)17(7,14)15/h10,13H,8-9H2,1-7H3. The maximum absolute atomic E-state index is 11.8. The molecule has 0 spiro atoms. The molecule has 0 aliphatic carbocycles. The molecular weight excluding hydrogens is 238 g/mol. The molecule has 1 unspecified atom stereocenters. The Hall–Kier alpha value is -0.130. The Morgan fingerprint density at radius 3 is 2.00 bits per heavy atom. The molecule has 1 atom stereocenters. The highest BCUT2D eigenvalue weighted by Gasteiger charge is 2.38. The van der Waals surface area contributed by atoms with E-state index in [2.05, 4.69) is 5.32 Å². The van der Waals surface area contributed by atoms with E-state index in [1.54, 1.807) is 28.0 Å². The molecule has 17 heavy (non-hydrogen) atoms. The number of hydrogen-bond acceptors (Lipinski definition) is 4. The summed E-state index contributed by atoms with van der Waals surface area (Å²) in [6.45, 7) is 7.55. The Balaban J connectivity index is 4.77. The lowest BCUT2D eigenvalue weighted by atomic mass is 9.92. The van der Waals surface area contributed by atoms with Crippen LogP contribution >= 0.6 is 0 Å². The van der Waals surface area contributed by atoms with Gasteiger partial charge in [0, 0.05) is 19.4 Å². The topological polar surface area (TPSA) is 55.4 Å². The second kappa shape index (κ2) is 5.67. The Labute approximate surface area is 106 Å². The maximum Gasteiger partial charge on any atom is 0.154 e. The molecule has 1 N–H and O–H groups in total. The predicted molar refractivity (Wildman–Crippen MR) is 72.1 cm³/mol. The van der Waals surface area contributed by atoms with Crippen molar-refractivity contribution in [2.75, 3.05) is 20.4 Å². The zero-order valence-electron chi connectivity index (χ0n) is 12.1. The average molecular weight is 265 g/mol. The molecule has 0 amide bonds. The van der Waals surface area contributed by atoms with Crippen molar-refractivity contribution in [2.24, 2.45) is 0 Å². The highest BCUT2D eigenvalue weighted by atomic mass is 32.2. The van der Waals surface area contributed by atoms with Gasteiger partial charge in [-0.25, -0.2) is 8.42 Å². The fourth-order valence-electron chi connectivity index (χ4n) is 1.69. The second-order valence-corrected chi connectivity index (χ2v) is 8.32. The summed E-state index contributed by atoms with van der Waals surface area (Å²) in [6.07, 6.45) is 2.87. The Bertz CT molecular complexity index is 334. The van der Waals surface area contributed by atoms with Crippen molar-refractivity contribution in [3.8, 4) is 0 Å². The van der Waals surface area contributed by atoms with Crippen LogP contribution in [0.3, 0.4) is 0 Å². The van der Waals surface area contributed by atoms with Gasteiger partial charge in [-0.15, -0.1) is 0 Å². The first kappa shape index (κ1) is 16.9. The molecule has 0 heterocycles. The van der Waals surface area contributed by atoms with Gasteiger partial charge in [-0.3, -0.25) is 0 Å². The number of ether oxygens (including phenoxy) is 1. The van der Waals surface area contributed by atoms with Crippen LogP contribution in [-0.4, -0.2) is 45.2 Å². The quantitative estimate of drug-likeness (QED) is 0.760. The molecule has 104 valence electrons. The van der Waals surface area contributed by atoms with E-state index < -0.39 is 14.6 Å². The molecule has 0 saturated carbocycles. The first-order valence-corrected chi connectivity index (χ1v) is 7.79. The summed E-state index contributed by atoms with van der Waals surface area (Å²) in [7, 11) is 0.388. The number of hydrogen-bond donors (Lipinski definition) is 1. The summed E-state index contributed by atoms with van der Waals surface area (Å²) in [5.41, 5.74) is -0.220. The first-order valence-electron chi connectivity index (χ1n) is 5.90. The molecule has 0 aromatic rings. The fourth-order valence-corrected chi connectivity index (χ4v) is 2.44. The highest BCUT2D eigenvalue weighted by Crippen LogP contribution is 2.26. The molecule has 0 fully saturated rings. The van der Waals surface area contributed by atoms with E-state index in [1.165, 1.54) is 6.26 Å². The third-order valence-corrected chi connectivity index (χ3v) is 5.93. The zero-order chi connectivity index (χ0) is 13.9. The monoisotopic (exact) mass is 265 g/mol. The third kappa shape index (κ3) is 4.56. The lowest BCUT2D eigenvalue weighted by Crippen LogP contribution is -2.50. The summed E-state index contributed by atoms with van der Waals surface area (Å²) in [5.74, 6) is 0. The van der Waals surface area contributed by atoms with Crippen molar-refractivity contribution in [3.05, 3.63) is 0 Å².